The van der Waals surface area contributed by atoms with E-state index in [0.717, 1.165) is 42.9 Å². The highest BCUT2D eigenvalue weighted by atomic mass is 16.7. The summed E-state index contributed by atoms with van der Waals surface area (Å²) in [6, 6.07) is 0. The molecule has 0 radical (unpaired) electrons. The summed E-state index contributed by atoms with van der Waals surface area (Å²) in [5.41, 5.74) is -0.270. The molecule has 144 valence electrons. The highest BCUT2D eigenvalue weighted by molar-refractivity contribution is 5.69. The number of carbonyl (C=O) groups excluding carboxylic acids is 1. The van der Waals surface area contributed by atoms with Crippen molar-refractivity contribution in [1.29, 1.82) is 0 Å². The first kappa shape index (κ1) is 19.2. The molecule has 3 aliphatic rings. The molecule has 3 rings (SSSR count). The molecular formula is C21H36O4. The molecular weight excluding hydrogens is 316 g/mol. The zero-order valence-electron chi connectivity index (χ0n) is 16.6. The molecule has 0 amide bonds. The van der Waals surface area contributed by atoms with Crippen molar-refractivity contribution in [3.63, 3.8) is 0 Å². The molecule has 0 aromatic rings. The zero-order valence-corrected chi connectivity index (χ0v) is 16.6. The molecule has 0 spiro atoms. The summed E-state index contributed by atoms with van der Waals surface area (Å²) in [5, 5.41) is 0. The van der Waals surface area contributed by atoms with E-state index in [1.807, 2.05) is 20.8 Å². The number of fused-ring (bicyclic) bond motifs is 5. The van der Waals surface area contributed by atoms with Gasteiger partial charge in [-0.25, -0.2) is 0 Å². The summed E-state index contributed by atoms with van der Waals surface area (Å²) in [7, 11) is 0. The van der Waals surface area contributed by atoms with Crippen molar-refractivity contribution in [1.82, 2.24) is 0 Å². The highest BCUT2D eigenvalue weighted by Crippen LogP contribution is 2.62. The van der Waals surface area contributed by atoms with Crippen LogP contribution in [0.3, 0.4) is 0 Å². The molecule has 0 aromatic carbocycles. The number of rotatable bonds is 7. The van der Waals surface area contributed by atoms with Crippen LogP contribution in [0.15, 0.2) is 0 Å². The molecule has 25 heavy (non-hydrogen) atoms. The Morgan fingerprint density at radius 2 is 1.76 bits per heavy atom. The Kier molecular flexibility index (Phi) is 5.79. The van der Waals surface area contributed by atoms with Crippen LogP contribution >= 0.6 is 0 Å². The van der Waals surface area contributed by atoms with Crippen molar-refractivity contribution in [2.75, 3.05) is 6.79 Å². The van der Waals surface area contributed by atoms with Crippen molar-refractivity contribution < 1.29 is 19.0 Å². The van der Waals surface area contributed by atoms with E-state index in [1.165, 1.54) is 12.8 Å². The summed E-state index contributed by atoms with van der Waals surface area (Å²) >= 11 is 0. The van der Waals surface area contributed by atoms with Crippen molar-refractivity contribution in [3.05, 3.63) is 0 Å². The van der Waals surface area contributed by atoms with Crippen LogP contribution in [-0.4, -0.2) is 30.6 Å². The first-order valence-electron chi connectivity index (χ1n) is 10.3. The van der Waals surface area contributed by atoms with Gasteiger partial charge in [0, 0.05) is 6.42 Å². The zero-order chi connectivity index (χ0) is 18.2. The Morgan fingerprint density at radius 3 is 2.40 bits per heavy atom. The maximum absolute atomic E-state index is 12.0. The average molecular weight is 353 g/mol. The molecule has 0 aromatic heterocycles. The van der Waals surface area contributed by atoms with Gasteiger partial charge in [0.05, 0.1) is 17.8 Å². The lowest BCUT2D eigenvalue weighted by Crippen LogP contribution is -2.33. The summed E-state index contributed by atoms with van der Waals surface area (Å²) < 4.78 is 17.1. The fraction of sp³-hybridized carbons (Fsp3) is 0.952. The Labute approximate surface area is 153 Å². The quantitative estimate of drug-likeness (QED) is 0.498. The molecule has 4 heteroatoms. The maximum Gasteiger partial charge on any atom is 0.307 e. The van der Waals surface area contributed by atoms with E-state index in [0.29, 0.717) is 24.5 Å². The minimum atomic E-state index is -0.270. The minimum Gasteiger partial charge on any atom is -0.438 e. The summed E-state index contributed by atoms with van der Waals surface area (Å²) in [4.78, 5) is 12.0. The molecule has 2 aliphatic carbocycles. The van der Waals surface area contributed by atoms with Gasteiger partial charge in [-0.1, -0.05) is 13.8 Å². The Bertz CT molecular complexity index is 469. The van der Waals surface area contributed by atoms with E-state index in [1.54, 1.807) is 0 Å². The van der Waals surface area contributed by atoms with E-state index in [-0.39, 0.29) is 18.4 Å². The summed E-state index contributed by atoms with van der Waals surface area (Å²) in [6.07, 6.45) is 7.32. The molecule has 0 N–H and O–H groups in total. The van der Waals surface area contributed by atoms with Crippen molar-refractivity contribution in [2.24, 2.45) is 29.6 Å². The van der Waals surface area contributed by atoms with Crippen LogP contribution in [0.2, 0.25) is 0 Å². The Balaban J connectivity index is 1.47. The van der Waals surface area contributed by atoms with E-state index < -0.39 is 0 Å². The molecule has 2 bridgehead atoms. The van der Waals surface area contributed by atoms with Crippen LogP contribution < -0.4 is 0 Å². The highest BCUT2D eigenvalue weighted by Gasteiger charge is 2.60. The van der Waals surface area contributed by atoms with Gasteiger partial charge in [0.1, 0.15) is 0 Å². The van der Waals surface area contributed by atoms with Crippen LogP contribution in [0.4, 0.5) is 0 Å². The largest absolute Gasteiger partial charge is 0.438 e. The Hall–Kier alpha value is -0.610. The summed E-state index contributed by atoms with van der Waals surface area (Å²) in [6.45, 7) is 10.5. The number of ether oxygens (including phenoxy) is 3. The van der Waals surface area contributed by atoms with Crippen LogP contribution in [0, 0.1) is 29.6 Å². The lowest BCUT2D eigenvalue weighted by molar-refractivity contribution is -0.167. The van der Waals surface area contributed by atoms with Gasteiger partial charge in [-0.2, -0.15) is 0 Å². The number of carbonyl (C=O) groups is 1. The molecule has 1 aliphatic heterocycles. The van der Waals surface area contributed by atoms with Crippen LogP contribution in [0.25, 0.3) is 0 Å². The molecule has 1 saturated heterocycles. The molecule has 7 atom stereocenters. The van der Waals surface area contributed by atoms with Gasteiger partial charge < -0.3 is 14.2 Å². The van der Waals surface area contributed by atoms with Gasteiger partial charge in [-0.15, -0.1) is 0 Å². The predicted octanol–water partition coefficient (Wildman–Crippen LogP) is 4.56. The SMILES string of the molecule is CCC1OC(CC)C2C3CC(CC3CCC(=O)OCOC(C)(C)C)C12. The second kappa shape index (κ2) is 7.56. The fourth-order valence-electron chi connectivity index (χ4n) is 5.78. The number of esters is 1. The molecule has 7 unspecified atom stereocenters. The lowest BCUT2D eigenvalue weighted by atomic mass is 9.69. The lowest BCUT2D eigenvalue weighted by Gasteiger charge is -2.33. The third kappa shape index (κ3) is 4.05. The molecule has 1 heterocycles. The average Bonchev–Trinajstić information content (AvgIpc) is 3.21. The third-order valence-corrected chi connectivity index (χ3v) is 6.71. The van der Waals surface area contributed by atoms with Gasteiger partial charge in [0.2, 0.25) is 0 Å². The molecule has 2 saturated carbocycles. The van der Waals surface area contributed by atoms with E-state index in [2.05, 4.69) is 13.8 Å². The first-order chi connectivity index (χ1) is 11.8. The van der Waals surface area contributed by atoms with E-state index in [9.17, 15) is 4.79 Å². The molecule has 3 fully saturated rings. The van der Waals surface area contributed by atoms with Gasteiger partial charge in [0.25, 0.3) is 0 Å². The fourth-order valence-corrected chi connectivity index (χ4v) is 5.78. The van der Waals surface area contributed by atoms with Crippen molar-refractivity contribution in [2.45, 2.75) is 91.0 Å². The molecule has 4 nitrogen and oxygen atoms in total. The first-order valence-corrected chi connectivity index (χ1v) is 10.3. The number of hydrogen-bond donors (Lipinski definition) is 0. The van der Waals surface area contributed by atoms with Crippen molar-refractivity contribution >= 4 is 5.97 Å². The van der Waals surface area contributed by atoms with E-state index in [4.69, 9.17) is 14.2 Å². The minimum absolute atomic E-state index is 0.0632. The smallest absolute Gasteiger partial charge is 0.307 e. The van der Waals surface area contributed by atoms with Crippen LogP contribution in [0.5, 0.6) is 0 Å². The van der Waals surface area contributed by atoms with Gasteiger partial charge in [-0.3, -0.25) is 4.79 Å². The van der Waals surface area contributed by atoms with Crippen LogP contribution in [0.1, 0.15) is 73.1 Å². The van der Waals surface area contributed by atoms with Crippen LogP contribution in [-0.2, 0) is 19.0 Å². The van der Waals surface area contributed by atoms with Gasteiger partial charge in [-0.05, 0) is 82.5 Å². The third-order valence-electron chi connectivity index (χ3n) is 6.71. The number of hydrogen-bond acceptors (Lipinski definition) is 4. The van der Waals surface area contributed by atoms with Gasteiger partial charge >= 0.3 is 5.97 Å². The maximum atomic E-state index is 12.0. The van der Waals surface area contributed by atoms with E-state index >= 15 is 0 Å². The predicted molar refractivity (Wildman–Crippen MR) is 97.0 cm³/mol. The van der Waals surface area contributed by atoms with Crippen molar-refractivity contribution in [3.8, 4) is 0 Å². The topological polar surface area (TPSA) is 44.8 Å². The second-order valence-electron chi connectivity index (χ2n) is 9.27. The Morgan fingerprint density at radius 1 is 1.08 bits per heavy atom. The second-order valence-corrected chi connectivity index (χ2v) is 9.27. The monoisotopic (exact) mass is 352 g/mol. The normalized spacial score (nSPS) is 39.6. The van der Waals surface area contributed by atoms with Gasteiger partial charge in [0.15, 0.2) is 6.79 Å². The standard InChI is InChI=1S/C21H36O4/c1-6-16-19-14-10-13(15(11-14)20(19)17(7-2)25-16)8-9-18(22)23-12-24-21(3,4)5/h13-17,19-20H,6-12H2,1-5H3. The summed E-state index contributed by atoms with van der Waals surface area (Å²) in [5.74, 6) is 3.65.